The fourth-order valence-electron chi connectivity index (χ4n) is 3.43. The van der Waals surface area contributed by atoms with Gasteiger partial charge in [-0.2, -0.15) is 13.2 Å². The minimum absolute atomic E-state index is 0.0120. The molecule has 1 aliphatic rings. The molecule has 0 bridgehead atoms. The van der Waals surface area contributed by atoms with E-state index < -0.39 is 18.2 Å². The Kier molecular flexibility index (Phi) is 6.86. The number of halogens is 5. The standard InChI is InChI=1S/C22H21Cl2F3N2O2/c1-3-4-17(30)12-28-19-9-14(5-6-18(19)24)20-11-21(31-29-20,22(25,26)27)15-7-13(2)8-16(23)10-15/h5-10,28H,3-4,11-12H2,1-2H3. The maximum Gasteiger partial charge on any atom is 0.435 e. The van der Waals surface area contributed by atoms with Gasteiger partial charge in [-0.15, -0.1) is 0 Å². The summed E-state index contributed by atoms with van der Waals surface area (Å²) in [5.74, 6) is 0.0120. The summed E-state index contributed by atoms with van der Waals surface area (Å²) in [5, 5.41) is 7.25. The molecule has 1 N–H and O–H groups in total. The quantitative estimate of drug-likeness (QED) is 0.489. The molecule has 0 aliphatic carbocycles. The largest absolute Gasteiger partial charge is 0.435 e. The zero-order valence-electron chi connectivity index (χ0n) is 16.9. The number of oxime groups is 1. The van der Waals surface area contributed by atoms with E-state index in [1.165, 1.54) is 12.1 Å². The van der Waals surface area contributed by atoms with Crippen molar-refractivity contribution in [3.8, 4) is 0 Å². The second-order valence-corrected chi connectivity index (χ2v) is 8.33. The molecule has 31 heavy (non-hydrogen) atoms. The molecule has 0 amide bonds. The minimum Gasteiger partial charge on any atom is -0.377 e. The summed E-state index contributed by atoms with van der Waals surface area (Å²) in [6.07, 6.45) is -4.09. The zero-order chi connectivity index (χ0) is 22.8. The van der Waals surface area contributed by atoms with Crippen LogP contribution in [0.15, 0.2) is 41.6 Å². The predicted octanol–water partition coefficient (Wildman–Crippen LogP) is 6.67. The lowest BCUT2D eigenvalue weighted by Gasteiger charge is -2.29. The van der Waals surface area contributed by atoms with Gasteiger partial charge in [-0.05, 0) is 43.2 Å². The first-order valence-electron chi connectivity index (χ1n) is 9.70. The number of ketones is 1. The van der Waals surface area contributed by atoms with Crippen molar-refractivity contribution in [2.75, 3.05) is 11.9 Å². The van der Waals surface area contributed by atoms with Crippen LogP contribution in [0.25, 0.3) is 0 Å². The number of nitrogens with zero attached hydrogens (tertiary/aromatic N) is 1. The average Bonchev–Trinajstić information content (AvgIpc) is 3.14. The van der Waals surface area contributed by atoms with E-state index in [-0.39, 0.29) is 28.6 Å². The van der Waals surface area contributed by atoms with Crippen molar-refractivity contribution in [3.05, 3.63) is 63.1 Å². The Hall–Kier alpha value is -2.25. The van der Waals surface area contributed by atoms with Crippen LogP contribution in [-0.4, -0.2) is 24.2 Å². The van der Waals surface area contributed by atoms with Gasteiger partial charge >= 0.3 is 6.18 Å². The highest BCUT2D eigenvalue weighted by molar-refractivity contribution is 6.33. The Morgan fingerprint density at radius 2 is 1.97 bits per heavy atom. The predicted molar refractivity (Wildman–Crippen MR) is 116 cm³/mol. The van der Waals surface area contributed by atoms with E-state index in [0.29, 0.717) is 28.3 Å². The first kappa shape index (κ1) is 23.4. The molecule has 0 saturated heterocycles. The SMILES string of the molecule is CCCC(=O)CNc1cc(C2=NOC(c3cc(C)cc(Cl)c3)(C(F)(F)F)C2)ccc1Cl. The molecule has 9 heteroatoms. The number of hydrogen-bond acceptors (Lipinski definition) is 4. The van der Waals surface area contributed by atoms with E-state index in [9.17, 15) is 18.0 Å². The van der Waals surface area contributed by atoms with Crippen molar-refractivity contribution in [2.45, 2.75) is 44.9 Å². The molecule has 1 unspecified atom stereocenters. The molecular formula is C22H21Cl2F3N2O2. The van der Waals surface area contributed by atoms with Gasteiger partial charge < -0.3 is 10.2 Å². The fourth-order valence-corrected chi connectivity index (χ4v) is 3.90. The summed E-state index contributed by atoms with van der Waals surface area (Å²) >= 11 is 12.2. The van der Waals surface area contributed by atoms with Crippen LogP contribution in [0.1, 0.15) is 42.9 Å². The smallest absolute Gasteiger partial charge is 0.377 e. The van der Waals surface area contributed by atoms with Gasteiger partial charge in [0.15, 0.2) is 5.78 Å². The number of nitrogens with one attached hydrogen (secondary N) is 1. The summed E-state index contributed by atoms with van der Waals surface area (Å²) in [5.41, 5.74) is -1.19. The van der Waals surface area contributed by atoms with Crippen LogP contribution in [0.5, 0.6) is 0 Å². The van der Waals surface area contributed by atoms with Crippen LogP contribution in [0.2, 0.25) is 10.0 Å². The molecule has 4 nitrogen and oxygen atoms in total. The van der Waals surface area contributed by atoms with E-state index in [2.05, 4.69) is 10.5 Å². The molecule has 0 spiro atoms. The van der Waals surface area contributed by atoms with Gasteiger partial charge in [0.2, 0.25) is 0 Å². The van der Waals surface area contributed by atoms with Crippen LogP contribution < -0.4 is 5.32 Å². The van der Waals surface area contributed by atoms with Gasteiger partial charge in [0, 0.05) is 29.0 Å². The second-order valence-electron chi connectivity index (χ2n) is 7.48. The highest BCUT2D eigenvalue weighted by Crippen LogP contribution is 2.49. The molecule has 0 saturated carbocycles. The Morgan fingerprint density at radius 3 is 2.61 bits per heavy atom. The molecular weight excluding hydrogens is 452 g/mol. The van der Waals surface area contributed by atoms with E-state index in [4.69, 9.17) is 28.0 Å². The van der Waals surface area contributed by atoms with Crippen molar-refractivity contribution >= 4 is 40.4 Å². The van der Waals surface area contributed by atoms with Gasteiger partial charge in [0.25, 0.3) is 5.60 Å². The zero-order valence-corrected chi connectivity index (χ0v) is 18.5. The summed E-state index contributed by atoms with van der Waals surface area (Å²) < 4.78 is 42.5. The molecule has 166 valence electrons. The molecule has 2 aromatic carbocycles. The van der Waals surface area contributed by atoms with E-state index in [0.717, 1.165) is 6.42 Å². The maximum atomic E-state index is 14.2. The monoisotopic (exact) mass is 472 g/mol. The average molecular weight is 473 g/mol. The number of rotatable bonds is 7. The summed E-state index contributed by atoms with van der Waals surface area (Å²) in [7, 11) is 0. The number of alkyl halides is 3. The first-order valence-corrected chi connectivity index (χ1v) is 10.5. The van der Waals surface area contributed by atoms with Crippen LogP contribution in [0.3, 0.4) is 0 Å². The van der Waals surface area contributed by atoms with Crippen molar-refractivity contribution in [1.29, 1.82) is 0 Å². The third-order valence-corrected chi connectivity index (χ3v) is 5.55. The number of carbonyl (C=O) groups excluding carboxylic acids is 1. The number of carbonyl (C=O) groups is 1. The summed E-state index contributed by atoms with van der Waals surface area (Å²) in [6.45, 7) is 3.64. The minimum atomic E-state index is -4.73. The summed E-state index contributed by atoms with van der Waals surface area (Å²) in [6, 6.07) is 8.89. The van der Waals surface area contributed by atoms with Crippen LogP contribution in [0, 0.1) is 6.92 Å². The summed E-state index contributed by atoms with van der Waals surface area (Å²) in [4.78, 5) is 16.9. The van der Waals surface area contributed by atoms with Crippen LogP contribution in [-0.2, 0) is 15.2 Å². The van der Waals surface area contributed by atoms with Gasteiger partial charge in [0.05, 0.1) is 23.0 Å². The molecule has 1 heterocycles. The Morgan fingerprint density at radius 1 is 1.23 bits per heavy atom. The lowest BCUT2D eigenvalue weighted by atomic mass is 9.86. The molecule has 1 atom stereocenters. The van der Waals surface area contributed by atoms with Crippen LogP contribution in [0.4, 0.5) is 18.9 Å². The number of hydrogen-bond donors (Lipinski definition) is 1. The highest BCUT2D eigenvalue weighted by atomic mass is 35.5. The van der Waals surface area contributed by atoms with Crippen molar-refractivity contribution < 1.29 is 22.8 Å². The van der Waals surface area contributed by atoms with Gasteiger partial charge in [-0.3, -0.25) is 4.79 Å². The van der Waals surface area contributed by atoms with E-state index in [1.807, 2.05) is 6.92 Å². The third-order valence-electron chi connectivity index (χ3n) is 5.00. The fraction of sp³-hybridized carbons (Fsp3) is 0.364. The molecule has 1 aliphatic heterocycles. The number of aryl methyl sites for hydroxylation is 1. The topological polar surface area (TPSA) is 50.7 Å². The van der Waals surface area contributed by atoms with Gasteiger partial charge in [-0.1, -0.05) is 47.4 Å². The Labute approximate surface area is 188 Å². The third kappa shape index (κ3) is 4.99. The first-order chi connectivity index (χ1) is 14.6. The second kappa shape index (κ2) is 9.09. The number of anilines is 1. The van der Waals surface area contributed by atoms with Crippen molar-refractivity contribution in [2.24, 2.45) is 5.16 Å². The van der Waals surface area contributed by atoms with Gasteiger partial charge in [-0.25, -0.2) is 0 Å². The molecule has 0 aromatic heterocycles. The molecule has 3 rings (SSSR count). The Balaban J connectivity index is 1.90. The highest BCUT2D eigenvalue weighted by Gasteiger charge is 2.62. The molecule has 0 radical (unpaired) electrons. The molecule has 2 aromatic rings. The van der Waals surface area contributed by atoms with Crippen LogP contribution >= 0.6 is 23.2 Å². The number of benzene rings is 2. The number of Topliss-reactive ketones (excluding diaryl/α,β-unsaturated/α-hetero) is 1. The van der Waals surface area contributed by atoms with Crippen molar-refractivity contribution in [1.82, 2.24) is 0 Å². The van der Waals surface area contributed by atoms with E-state index >= 15 is 0 Å². The lowest BCUT2D eigenvalue weighted by Crippen LogP contribution is -2.42. The maximum absolute atomic E-state index is 14.2. The molecule has 0 fully saturated rings. The lowest BCUT2D eigenvalue weighted by molar-refractivity contribution is -0.275. The Bertz CT molecular complexity index is 1000. The van der Waals surface area contributed by atoms with Gasteiger partial charge in [0.1, 0.15) is 0 Å². The van der Waals surface area contributed by atoms with E-state index in [1.54, 1.807) is 31.2 Å². The van der Waals surface area contributed by atoms with Crippen molar-refractivity contribution in [3.63, 3.8) is 0 Å². The normalized spacial score (nSPS) is 18.5.